The van der Waals surface area contributed by atoms with Crippen LogP contribution in [-0.4, -0.2) is 30.5 Å². The summed E-state index contributed by atoms with van der Waals surface area (Å²) in [6.07, 6.45) is 0.539. The molecule has 0 aliphatic rings. The van der Waals surface area contributed by atoms with Crippen molar-refractivity contribution in [1.29, 1.82) is 5.26 Å². The second-order valence-electron chi connectivity index (χ2n) is 9.04. The number of hydrogen-bond donors (Lipinski definition) is 0. The van der Waals surface area contributed by atoms with Gasteiger partial charge >= 0.3 is 0 Å². The second kappa shape index (κ2) is 10.0. The third kappa shape index (κ3) is 4.76. The van der Waals surface area contributed by atoms with Crippen molar-refractivity contribution in [2.45, 2.75) is 33.2 Å². The molecule has 0 radical (unpaired) electrons. The smallest absolute Gasteiger partial charge is 0.227 e. The molecule has 1 atom stereocenters. The molecule has 6 nitrogen and oxygen atoms in total. The van der Waals surface area contributed by atoms with Crippen molar-refractivity contribution in [2.24, 2.45) is 5.92 Å². The molecular formula is C29H30N4O2. The van der Waals surface area contributed by atoms with Crippen LogP contribution in [0.1, 0.15) is 32.3 Å². The largest absolute Gasteiger partial charge is 0.341 e. The number of hydrogen-bond acceptors (Lipinski definition) is 3. The van der Waals surface area contributed by atoms with E-state index in [-0.39, 0.29) is 30.6 Å². The summed E-state index contributed by atoms with van der Waals surface area (Å²) in [5.74, 6) is -0.194. The Labute approximate surface area is 206 Å². The molecule has 0 bridgehead atoms. The Balaban J connectivity index is 1.45. The van der Waals surface area contributed by atoms with E-state index in [9.17, 15) is 9.59 Å². The van der Waals surface area contributed by atoms with Crippen molar-refractivity contribution in [1.82, 2.24) is 4.57 Å². The number of carbonyl (C=O) groups is 2. The molecular weight excluding hydrogens is 436 g/mol. The molecule has 1 unspecified atom stereocenters. The molecule has 3 aromatic carbocycles. The van der Waals surface area contributed by atoms with E-state index in [0.29, 0.717) is 5.56 Å². The third-order valence-corrected chi connectivity index (χ3v) is 6.64. The highest BCUT2D eigenvalue weighted by Gasteiger charge is 2.20. The van der Waals surface area contributed by atoms with Crippen molar-refractivity contribution in [3.8, 4) is 6.07 Å². The van der Waals surface area contributed by atoms with Crippen LogP contribution < -0.4 is 9.80 Å². The summed E-state index contributed by atoms with van der Waals surface area (Å²) >= 11 is 0. The minimum Gasteiger partial charge on any atom is -0.341 e. The molecule has 4 aromatic rings. The van der Waals surface area contributed by atoms with Crippen molar-refractivity contribution in [2.75, 3.05) is 23.9 Å². The van der Waals surface area contributed by atoms with Gasteiger partial charge in [-0.15, -0.1) is 0 Å². The Kier molecular flexibility index (Phi) is 6.88. The van der Waals surface area contributed by atoms with Gasteiger partial charge in [0.1, 0.15) is 0 Å². The summed E-state index contributed by atoms with van der Waals surface area (Å²) in [6, 6.07) is 23.4. The maximum atomic E-state index is 13.1. The van der Waals surface area contributed by atoms with Gasteiger partial charge in [0.2, 0.25) is 11.8 Å². The number of para-hydroxylation sites is 1. The topological polar surface area (TPSA) is 69.3 Å². The highest BCUT2D eigenvalue weighted by atomic mass is 16.2. The standard InChI is InChI=1S/C29H30N4O2/c1-5-33-26-9-7-6-8-24(26)25-18-23(14-15-27(25)33)32(4)29(35)17-20(2)16-28(34)31(3)22-12-10-21(19-30)11-13-22/h6-15,18,20H,5,16-17H2,1-4H3. The van der Waals surface area contributed by atoms with Gasteiger partial charge in [-0.2, -0.15) is 5.26 Å². The second-order valence-corrected chi connectivity index (χ2v) is 9.04. The van der Waals surface area contributed by atoms with Crippen LogP contribution in [0, 0.1) is 17.2 Å². The Morgan fingerprint density at radius 2 is 1.43 bits per heavy atom. The molecule has 0 spiro atoms. The lowest BCUT2D eigenvalue weighted by atomic mass is 10.0. The van der Waals surface area contributed by atoms with Crippen molar-refractivity contribution < 1.29 is 9.59 Å². The predicted molar refractivity (Wildman–Crippen MR) is 141 cm³/mol. The highest BCUT2D eigenvalue weighted by molar-refractivity contribution is 6.10. The zero-order valence-corrected chi connectivity index (χ0v) is 20.7. The lowest BCUT2D eigenvalue weighted by Gasteiger charge is -2.22. The molecule has 0 aliphatic heterocycles. The average Bonchev–Trinajstić information content (AvgIpc) is 3.20. The minimum atomic E-state index is -0.107. The zero-order chi connectivity index (χ0) is 25.1. The zero-order valence-electron chi connectivity index (χ0n) is 20.7. The first-order valence-corrected chi connectivity index (χ1v) is 11.9. The number of aryl methyl sites for hydroxylation is 1. The van der Waals surface area contributed by atoms with Crippen molar-refractivity contribution in [3.63, 3.8) is 0 Å². The van der Waals surface area contributed by atoms with Crippen LogP contribution in [0.25, 0.3) is 21.8 Å². The number of benzene rings is 3. The predicted octanol–water partition coefficient (Wildman–Crippen LogP) is 5.73. The fourth-order valence-electron chi connectivity index (χ4n) is 4.58. The first-order chi connectivity index (χ1) is 16.8. The molecule has 1 aromatic heterocycles. The van der Waals surface area contributed by atoms with Gasteiger partial charge in [-0.05, 0) is 61.4 Å². The quantitative estimate of drug-likeness (QED) is 0.349. The first kappa shape index (κ1) is 24.0. The van der Waals surface area contributed by atoms with Gasteiger partial charge in [-0.1, -0.05) is 25.1 Å². The van der Waals surface area contributed by atoms with E-state index in [0.717, 1.165) is 28.8 Å². The first-order valence-electron chi connectivity index (χ1n) is 11.9. The average molecular weight is 467 g/mol. The maximum Gasteiger partial charge on any atom is 0.227 e. The molecule has 178 valence electrons. The fraction of sp³-hybridized carbons (Fsp3) is 0.276. The van der Waals surface area contributed by atoms with Gasteiger partial charge < -0.3 is 14.4 Å². The third-order valence-electron chi connectivity index (χ3n) is 6.64. The van der Waals surface area contributed by atoms with Crippen LogP contribution in [0.3, 0.4) is 0 Å². The molecule has 35 heavy (non-hydrogen) atoms. The van der Waals surface area contributed by atoms with Crippen LogP contribution in [0.2, 0.25) is 0 Å². The summed E-state index contributed by atoms with van der Waals surface area (Å²) < 4.78 is 2.29. The monoisotopic (exact) mass is 466 g/mol. The SMILES string of the molecule is CCn1c2ccccc2c2cc(N(C)C(=O)CC(C)CC(=O)N(C)c3ccc(C#N)cc3)ccc21. The number of anilines is 2. The molecule has 0 fully saturated rings. The Morgan fingerprint density at radius 3 is 2.06 bits per heavy atom. The van der Waals surface area contributed by atoms with E-state index in [4.69, 9.17) is 5.26 Å². The molecule has 6 heteroatoms. The van der Waals surface area contributed by atoms with Crippen molar-refractivity contribution >= 4 is 45.0 Å². The molecule has 2 amide bonds. The number of carbonyl (C=O) groups excluding carboxylic acids is 2. The maximum absolute atomic E-state index is 13.1. The van der Waals surface area contributed by atoms with Gasteiger partial charge in [0.25, 0.3) is 0 Å². The van der Waals surface area contributed by atoms with E-state index >= 15 is 0 Å². The number of nitrogens with zero attached hydrogens (tertiary/aromatic N) is 4. The summed E-state index contributed by atoms with van der Waals surface area (Å²) in [6.45, 7) is 4.94. The van der Waals surface area contributed by atoms with Crippen LogP contribution in [0.4, 0.5) is 11.4 Å². The van der Waals surface area contributed by atoms with Gasteiger partial charge in [-0.25, -0.2) is 0 Å². The number of fused-ring (bicyclic) bond motifs is 3. The van der Waals surface area contributed by atoms with Gasteiger partial charge in [0, 0.05) is 66.7 Å². The van der Waals surface area contributed by atoms with E-state index in [1.54, 1.807) is 48.2 Å². The molecule has 0 saturated carbocycles. The summed E-state index contributed by atoms with van der Waals surface area (Å²) in [7, 11) is 3.51. The number of aromatic nitrogens is 1. The lowest BCUT2D eigenvalue weighted by molar-refractivity contribution is -0.121. The van der Waals surface area contributed by atoms with Crippen LogP contribution in [-0.2, 0) is 16.1 Å². The van der Waals surface area contributed by atoms with Gasteiger partial charge in [-0.3, -0.25) is 9.59 Å². The Hall–Kier alpha value is -4.11. The number of rotatable bonds is 7. The Morgan fingerprint density at radius 1 is 0.857 bits per heavy atom. The number of amides is 2. The molecule has 0 N–H and O–H groups in total. The van der Waals surface area contributed by atoms with E-state index in [2.05, 4.69) is 41.8 Å². The fourth-order valence-corrected chi connectivity index (χ4v) is 4.58. The van der Waals surface area contributed by atoms with Gasteiger partial charge in [0.05, 0.1) is 11.6 Å². The minimum absolute atomic E-state index is 0.0232. The highest BCUT2D eigenvalue weighted by Crippen LogP contribution is 2.32. The van der Waals surface area contributed by atoms with Gasteiger partial charge in [0.15, 0.2) is 0 Å². The normalized spacial score (nSPS) is 11.9. The van der Waals surface area contributed by atoms with Crippen LogP contribution in [0.15, 0.2) is 66.7 Å². The van der Waals surface area contributed by atoms with Crippen LogP contribution in [0.5, 0.6) is 0 Å². The lowest BCUT2D eigenvalue weighted by Crippen LogP contribution is -2.31. The molecule has 0 aliphatic carbocycles. The molecule has 0 saturated heterocycles. The van der Waals surface area contributed by atoms with Crippen LogP contribution >= 0.6 is 0 Å². The van der Waals surface area contributed by atoms with E-state index in [1.165, 1.54) is 10.9 Å². The molecule has 1 heterocycles. The Bertz CT molecular complexity index is 1430. The summed E-state index contributed by atoms with van der Waals surface area (Å²) in [5.41, 5.74) is 4.46. The summed E-state index contributed by atoms with van der Waals surface area (Å²) in [5, 5.41) is 11.3. The van der Waals surface area contributed by atoms with E-state index < -0.39 is 0 Å². The van der Waals surface area contributed by atoms with E-state index in [1.807, 2.05) is 25.1 Å². The number of nitriles is 1. The molecule has 4 rings (SSSR count). The van der Waals surface area contributed by atoms with Crippen molar-refractivity contribution in [3.05, 3.63) is 72.3 Å². The summed E-state index contributed by atoms with van der Waals surface area (Å²) in [4.78, 5) is 29.1.